The number of hydrogen-bond acceptors (Lipinski definition) is 4. The molecule has 0 heterocycles. The average Bonchev–Trinajstić information content (AvgIpc) is 2.64. The Morgan fingerprint density at radius 2 is 1.00 bits per heavy atom. The first-order valence-electron chi connectivity index (χ1n) is 8.80. The average molecular weight is 356 g/mol. The van der Waals surface area contributed by atoms with Crippen LogP contribution < -0.4 is 20.8 Å². The van der Waals surface area contributed by atoms with Crippen LogP contribution in [0.25, 0.3) is 0 Å². The summed E-state index contributed by atoms with van der Waals surface area (Å²) in [5.74, 6) is -2.29. The number of unbranched alkanes of at least 4 members (excludes halogenated alkanes) is 1. The Balaban J connectivity index is 1.52. The van der Waals surface area contributed by atoms with Crippen LogP contribution in [0, 0.1) is 0 Å². The minimum atomic E-state index is -1.15. The number of carboxylic acids is 2. The minimum absolute atomic E-state index is 0.207. The van der Waals surface area contributed by atoms with E-state index < -0.39 is 11.9 Å². The third-order valence-corrected chi connectivity index (χ3v) is 4.21. The minimum Gasteiger partial charge on any atom is -0.545 e. The van der Waals surface area contributed by atoms with E-state index >= 15 is 0 Å². The Morgan fingerprint density at radius 1 is 0.654 bits per heavy atom. The van der Waals surface area contributed by atoms with Gasteiger partial charge in [-0.25, -0.2) is 0 Å². The van der Waals surface area contributed by atoms with E-state index in [9.17, 15) is 19.8 Å². The highest BCUT2D eigenvalue weighted by atomic mass is 16.4. The van der Waals surface area contributed by atoms with Gasteiger partial charge in [-0.1, -0.05) is 48.5 Å². The van der Waals surface area contributed by atoms with Crippen LogP contribution in [-0.2, 0) is 13.1 Å². The second-order valence-electron chi connectivity index (χ2n) is 6.24. The number of benzene rings is 2. The highest BCUT2D eigenvalue weighted by molar-refractivity contribution is 5.86. The molecule has 0 saturated heterocycles. The predicted molar refractivity (Wildman–Crippen MR) is 91.8 cm³/mol. The van der Waals surface area contributed by atoms with Crippen molar-refractivity contribution in [2.45, 2.75) is 25.9 Å². The summed E-state index contributed by atoms with van der Waals surface area (Å²) in [5.41, 5.74) is 2.61. The third-order valence-electron chi connectivity index (χ3n) is 4.21. The smallest absolute Gasteiger partial charge is 0.101 e. The summed E-state index contributed by atoms with van der Waals surface area (Å²) in [6.07, 6.45) is 2.22. The lowest BCUT2D eigenvalue weighted by Gasteiger charge is -2.06. The van der Waals surface area contributed by atoms with E-state index in [0.717, 1.165) is 50.1 Å². The molecule has 0 bridgehead atoms. The van der Waals surface area contributed by atoms with E-state index in [0.29, 0.717) is 0 Å². The number of hydrogen-bond donors (Lipinski definition) is 2. The van der Waals surface area contributed by atoms with E-state index in [2.05, 4.69) is 10.6 Å². The summed E-state index contributed by atoms with van der Waals surface area (Å²) in [7, 11) is 0. The molecule has 0 atom stereocenters. The van der Waals surface area contributed by atoms with Gasteiger partial charge in [0.2, 0.25) is 0 Å². The van der Waals surface area contributed by atoms with Gasteiger partial charge < -0.3 is 30.4 Å². The zero-order chi connectivity index (χ0) is 18.8. The van der Waals surface area contributed by atoms with Crippen molar-refractivity contribution in [1.82, 2.24) is 0 Å². The third kappa shape index (κ3) is 6.66. The van der Waals surface area contributed by atoms with Crippen LogP contribution in [0.4, 0.5) is 0 Å². The molecule has 138 valence electrons. The van der Waals surface area contributed by atoms with E-state index in [1.165, 1.54) is 0 Å². The molecule has 4 N–H and O–H groups in total. The molecule has 6 heteroatoms. The molecule has 2 aromatic carbocycles. The molecule has 0 aliphatic heterocycles. The molecule has 0 unspecified atom stereocenters. The summed E-state index contributed by atoms with van der Waals surface area (Å²) < 4.78 is 0. The Bertz CT molecular complexity index is 648. The normalized spacial score (nSPS) is 10.6. The van der Waals surface area contributed by atoms with Crippen molar-refractivity contribution in [3.05, 3.63) is 70.8 Å². The lowest BCUT2D eigenvalue weighted by molar-refractivity contribution is -0.680. The molecule has 0 fully saturated rings. The van der Waals surface area contributed by atoms with Gasteiger partial charge in [0, 0.05) is 24.0 Å². The van der Waals surface area contributed by atoms with Gasteiger partial charge in [-0.3, -0.25) is 0 Å². The first-order valence-corrected chi connectivity index (χ1v) is 8.80. The summed E-state index contributed by atoms with van der Waals surface area (Å²) in [6, 6.07) is 13.6. The van der Waals surface area contributed by atoms with Gasteiger partial charge in [0.15, 0.2) is 0 Å². The van der Waals surface area contributed by atoms with Crippen molar-refractivity contribution in [3.63, 3.8) is 0 Å². The molecule has 0 aromatic heterocycles. The maximum absolute atomic E-state index is 10.7. The molecule has 2 aromatic rings. The molecule has 0 aliphatic rings. The predicted octanol–water partition coefficient (Wildman–Crippen LogP) is -1.98. The second kappa shape index (κ2) is 10.3. The Kier molecular flexibility index (Phi) is 7.79. The van der Waals surface area contributed by atoms with Crippen molar-refractivity contribution in [3.8, 4) is 0 Å². The van der Waals surface area contributed by atoms with Crippen LogP contribution in [0.1, 0.15) is 44.7 Å². The number of carbonyl (C=O) groups excluding carboxylic acids is 2. The van der Waals surface area contributed by atoms with Crippen molar-refractivity contribution in [2.75, 3.05) is 13.1 Å². The van der Waals surface area contributed by atoms with Crippen LogP contribution in [0.5, 0.6) is 0 Å². The van der Waals surface area contributed by atoms with Gasteiger partial charge in [0.25, 0.3) is 0 Å². The molecular weight excluding hydrogens is 332 g/mol. The van der Waals surface area contributed by atoms with Gasteiger partial charge in [0.1, 0.15) is 13.1 Å². The van der Waals surface area contributed by atoms with Crippen LogP contribution in [0.3, 0.4) is 0 Å². The van der Waals surface area contributed by atoms with E-state index in [4.69, 9.17) is 0 Å². The molecule has 6 nitrogen and oxygen atoms in total. The van der Waals surface area contributed by atoms with Crippen molar-refractivity contribution in [2.24, 2.45) is 0 Å². The maximum atomic E-state index is 10.7. The monoisotopic (exact) mass is 356 g/mol. The molecule has 0 radical (unpaired) electrons. The number of carbonyl (C=O) groups is 2. The maximum Gasteiger partial charge on any atom is 0.101 e. The zero-order valence-electron chi connectivity index (χ0n) is 14.6. The fourth-order valence-electron chi connectivity index (χ4n) is 2.67. The highest BCUT2D eigenvalue weighted by Gasteiger charge is 2.00. The van der Waals surface area contributed by atoms with Crippen LogP contribution >= 0.6 is 0 Å². The first-order chi connectivity index (χ1) is 12.6. The van der Waals surface area contributed by atoms with Crippen LogP contribution in [-0.4, -0.2) is 25.0 Å². The van der Waals surface area contributed by atoms with E-state index in [1.54, 1.807) is 24.3 Å². The first kappa shape index (κ1) is 19.6. The Labute approximate surface area is 152 Å². The summed E-state index contributed by atoms with van der Waals surface area (Å²) in [5, 5.41) is 25.8. The molecule has 2 rings (SSSR count). The van der Waals surface area contributed by atoms with Gasteiger partial charge in [0.05, 0.1) is 25.0 Å². The number of carboxylic acid groups (broad SMARTS) is 2. The number of quaternary nitrogens is 2. The van der Waals surface area contributed by atoms with Crippen molar-refractivity contribution >= 4 is 11.9 Å². The molecule has 26 heavy (non-hydrogen) atoms. The molecule has 0 amide bonds. The van der Waals surface area contributed by atoms with Crippen LogP contribution in [0.15, 0.2) is 48.5 Å². The standard InChI is InChI=1S/C20H24N2O4/c23-19(24)17-7-3-15(4-8-17)13-21-11-1-2-12-22-14-16-5-9-18(10-6-16)20(25)26/h3-10,21-22H,1-2,11-14H2,(H,23,24)(H,25,26). The highest BCUT2D eigenvalue weighted by Crippen LogP contribution is 2.02. The van der Waals surface area contributed by atoms with Crippen molar-refractivity contribution < 1.29 is 30.4 Å². The molecular formula is C20H24N2O4. The lowest BCUT2D eigenvalue weighted by atomic mass is 10.1. The van der Waals surface area contributed by atoms with Gasteiger partial charge in [-0.2, -0.15) is 0 Å². The Hall–Kier alpha value is -2.70. The largest absolute Gasteiger partial charge is 0.545 e. The molecule has 0 saturated carbocycles. The summed E-state index contributed by atoms with van der Waals surface area (Å²) in [4.78, 5) is 21.4. The fraction of sp³-hybridized carbons (Fsp3) is 0.300. The second-order valence-corrected chi connectivity index (χ2v) is 6.24. The Morgan fingerprint density at radius 3 is 1.31 bits per heavy atom. The number of nitrogens with two attached hydrogens (primary N) is 2. The number of rotatable bonds is 11. The fourth-order valence-corrected chi connectivity index (χ4v) is 2.67. The van der Waals surface area contributed by atoms with E-state index in [-0.39, 0.29) is 11.1 Å². The van der Waals surface area contributed by atoms with Gasteiger partial charge >= 0.3 is 0 Å². The van der Waals surface area contributed by atoms with Crippen LogP contribution in [0.2, 0.25) is 0 Å². The SMILES string of the molecule is O=C([O-])c1ccc(C[NH2+]CCCC[NH2+]Cc2ccc(C(=O)[O-])cc2)cc1. The quantitative estimate of drug-likeness (QED) is 0.454. The number of aromatic carboxylic acids is 2. The van der Waals surface area contributed by atoms with Crippen molar-refractivity contribution in [1.29, 1.82) is 0 Å². The lowest BCUT2D eigenvalue weighted by Crippen LogP contribution is -2.84. The zero-order valence-corrected chi connectivity index (χ0v) is 14.6. The molecule has 0 aliphatic carbocycles. The topological polar surface area (TPSA) is 113 Å². The van der Waals surface area contributed by atoms with Gasteiger partial charge in [-0.05, 0) is 11.1 Å². The van der Waals surface area contributed by atoms with E-state index in [1.807, 2.05) is 24.3 Å². The summed E-state index contributed by atoms with van der Waals surface area (Å²) >= 11 is 0. The molecule has 0 spiro atoms. The summed E-state index contributed by atoms with van der Waals surface area (Å²) in [6.45, 7) is 3.72. The van der Waals surface area contributed by atoms with Gasteiger partial charge in [-0.15, -0.1) is 0 Å².